The van der Waals surface area contributed by atoms with Crippen molar-refractivity contribution in [2.24, 2.45) is 0 Å². The van der Waals surface area contributed by atoms with Gasteiger partial charge in [-0.2, -0.15) is 0 Å². The summed E-state index contributed by atoms with van der Waals surface area (Å²) in [7, 11) is 0. The lowest BCUT2D eigenvalue weighted by Gasteiger charge is -2.30. The van der Waals surface area contributed by atoms with E-state index in [1.54, 1.807) is 0 Å². The van der Waals surface area contributed by atoms with Gasteiger partial charge in [0, 0.05) is 11.4 Å². The van der Waals surface area contributed by atoms with Gasteiger partial charge in [0.2, 0.25) is 0 Å². The van der Waals surface area contributed by atoms with Crippen molar-refractivity contribution in [1.29, 1.82) is 0 Å². The number of carbonyl (C=O) groups excluding carboxylic acids is 1. The van der Waals surface area contributed by atoms with Gasteiger partial charge in [0.05, 0.1) is 11.1 Å². The standard InChI is InChI=1S/C21H21F3N2O5/c22-21(23,24)31-15-7-3-12(4-8-15)20(29)30-14-5-1-11(2-6-14)18-16(19(27)28)9-13(25)10-17(18)26/h3-4,7-11,14H,1-2,5-6,25-26H2,(H,27,28). The predicted molar refractivity (Wildman–Crippen MR) is 106 cm³/mol. The monoisotopic (exact) mass is 438 g/mol. The Balaban J connectivity index is 1.61. The third-order valence-corrected chi connectivity index (χ3v) is 5.14. The molecule has 3 rings (SSSR count). The van der Waals surface area contributed by atoms with Gasteiger partial charge < -0.3 is 26.0 Å². The highest BCUT2D eigenvalue weighted by Crippen LogP contribution is 2.39. The molecule has 0 spiro atoms. The molecule has 0 heterocycles. The zero-order valence-electron chi connectivity index (χ0n) is 16.3. The van der Waals surface area contributed by atoms with Crippen LogP contribution < -0.4 is 16.2 Å². The lowest BCUT2D eigenvalue weighted by Crippen LogP contribution is -2.25. The molecular formula is C21H21F3N2O5. The van der Waals surface area contributed by atoms with Gasteiger partial charge in [0.15, 0.2) is 0 Å². The van der Waals surface area contributed by atoms with Gasteiger partial charge in [0.1, 0.15) is 11.9 Å². The Morgan fingerprint density at radius 2 is 1.61 bits per heavy atom. The van der Waals surface area contributed by atoms with Crippen LogP contribution in [0.25, 0.3) is 0 Å². The molecule has 7 nitrogen and oxygen atoms in total. The van der Waals surface area contributed by atoms with Gasteiger partial charge >= 0.3 is 18.3 Å². The van der Waals surface area contributed by atoms with E-state index in [1.165, 1.54) is 24.3 Å². The van der Waals surface area contributed by atoms with Crippen molar-refractivity contribution in [3.05, 3.63) is 53.1 Å². The number of halogens is 3. The highest BCUT2D eigenvalue weighted by atomic mass is 19.4. The summed E-state index contributed by atoms with van der Waals surface area (Å²) in [5, 5.41) is 9.47. The maximum Gasteiger partial charge on any atom is 0.573 e. The first kappa shape index (κ1) is 22.3. The number of aromatic carboxylic acids is 1. The van der Waals surface area contributed by atoms with Crippen LogP contribution in [-0.4, -0.2) is 29.5 Å². The Hall–Kier alpha value is -3.43. The molecule has 0 amide bonds. The van der Waals surface area contributed by atoms with Gasteiger partial charge in [0.25, 0.3) is 0 Å². The lowest BCUT2D eigenvalue weighted by atomic mass is 9.80. The molecule has 0 aliphatic heterocycles. The average Bonchev–Trinajstić information content (AvgIpc) is 2.67. The average molecular weight is 438 g/mol. The number of benzene rings is 2. The molecule has 1 aliphatic rings. The Morgan fingerprint density at radius 1 is 1.00 bits per heavy atom. The second-order valence-corrected chi connectivity index (χ2v) is 7.33. The van der Waals surface area contributed by atoms with Gasteiger partial charge in [-0.15, -0.1) is 13.2 Å². The van der Waals surface area contributed by atoms with E-state index in [0.29, 0.717) is 36.9 Å². The quantitative estimate of drug-likeness (QED) is 0.469. The van der Waals surface area contributed by atoms with E-state index in [-0.39, 0.29) is 22.7 Å². The number of hydrogen-bond donors (Lipinski definition) is 3. The number of rotatable bonds is 5. The molecule has 10 heteroatoms. The molecule has 5 N–H and O–H groups in total. The topological polar surface area (TPSA) is 125 Å². The molecule has 0 saturated heterocycles. The normalized spacial score (nSPS) is 18.9. The minimum Gasteiger partial charge on any atom is -0.478 e. The van der Waals surface area contributed by atoms with Crippen LogP contribution in [0.3, 0.4) is 0 Å². The van der Waals surface area contributed by atoms with Gasteiger partial charge in [-0.25, -0.2) is 9.59 Å². The minimum absolute atomic E-state index is 0.0686. The predicted octanol–water partition coefficient (Wildman–Crippen LogP) is 4.33. The number of anilines is 2. The zero-order chi connectivity index (χ0) is 22.8. The van der Waals surface area contributed by atoms with Crippen LogP contribution >= 0.6 is 0 Å². The number of ether oxygens (including phenoxy) is 2. The highest BCUT2D eigenvalue weighted by Gasteiger charge is 2.32. The second kappa shape index (κ2) is 8.75. The molecule has 166 valence electrons. The number of alkyl halides is 3. The number of hydrogen-bond acceptors (Lipinski definition) is 6. The smallest absolute Gasteiger partial charge is 0.478 e. The van der Waals surface area contributed by atoms with Crippen molar-refractivity contribution < 1.29 is 37.3 Å². The first-order valence-corrected chi connectivity index (χ1v) is 9.52. The maximum absolute atomic E-state index is 12.3. The van der Waals surface area contributed by atoms with Crippen LogP contribution in [0.4, 0.5) is 24.5 Å². The SMILES string of the molecule is Nc1cc(N)c(C2CCC(OC(=O)c3ccc(OC(F)(F)F)cc3)CC2)c(C(=O)O)c1. The van der Waals surface area contributed by atoms with Crippen molar-refractivity contribution in [3.8, 4) is 5.75 Å². The number of nitrogens with two attached hydrogens (primary N) is 2. The van der Waals surface area contributed by atoms with Crippen molar-refractivity contribution in [3.63, 3.8) is 0 Å². The van der Waals surface area contributed by atoms with E-state index in [9.17, 15) is 27.9 Å². The number of carboxylic acids is 1. The first-order valence-electron chi connectivity index (χ1n) is 9.52. The number of carboxylic acid groups (broad SMARTS) is 1. The lowest BCUT2D eigenvalue weighted by molar-refractivity contribution is -0.274. The Kier molecular flexibility index (Phi) is 6.28. The van der Waals surface area contributed by atoms with Crippen LogP contribution in [0, 0.1) is 0 Å². The molecule has 0 aromatic heterocycles. The maximum atomic E-state index is 12.3. The minimum atomic E-state index is -4.81. The van der Waals surface area contributed by atoms with E-state index >= 15 is 0 Å². The van der Waals surface area contributed by atoms with Gasteiger partial charge in [-0.1, -0.05) is 0 Å². The first-order chi connectivity index (χ1) is 14.5. The summed E-state index contributed by atoms with van der Waals surface area (Å²) in [4.78, 5) is 23.9. The number of carbonyl (C=O) groups is 2. The van der Waals surface area contributed by atoms with E-state index in [1.807, 2.05) is 0 Å². The fraction of sp³-hybridized carbons (Fsp3) is 0.333. The summed E-state index contributed by atoms with van der Waals surface area (Å²) in [6, 6.07) is 7.38. The van der Waals surface area contributed by atoms with Crippen molar-refractivity contribution in [2.45, 2.75) is 44.1 Å². The molecule has 1 saturated carbocycles. The van der Waals surface area contributed by atoms with Gasteiger partial charge in [-0.3, -0.25) is 0 Å². The third kappa shape index (κ3) is 5.59. The van der Waals surface area contributed by atoms with Gasteiger partial charge in [-0.05, 0) is 73.6 Å². The molecule has 0 unspecified atom stereocenters. The molecule has 0 bridgehead atoms. The molecule has 1 fully saturated rings. The third-order valence-electron chi connectivity index (χ3n) is 5.14. The largest absolute Gasteiger partial charge is 0.573 e. The molecule has 2 aromatic rings. The van der Waals surface area contributed by atoms with Crippen LogP contribution in [-0.2, 0) is 4.74 Å². The fourth-order valence-electron chi connectivity index (χ4n) is 3.81. The van der Waals surface area contributed by atoms with E-state index < -0.39 is 30.2 Å². The molecule has 0 atom stereocenters. The van der Waals surface area contributed by atoms with Crippen molar-refractivity contribution in [1.82, 2.24) is 0 Å². The molecular weight excluding hydrogens is 417 g/mol. The van der Waals surface area contributed by atoms with E-state index in [4.69, 9.17) is 16.2 Å². The van der Waals surface area contributed by atoms with E-state index in [2.05, 4.69) is 4.74 Å². The summed E-state index contributed by atoms with van der Waals surface area (Å²) < 4.78 is 45.9. The zero-order valence-corrected chi connectivity index (χ0v) is 16.3. The fourth-order valence-corrected chi connectivity index (χ4v) is 3.81. The van der Waals surface area contributed by atoms with Crippen molar-refractivity contribution >= 4 is 23.3 Å². The van der Waals surface area contributed by atoms with E-state index in [0.717, 1.165) is 12.1 Å². The Bertz CT molecular complexity index is 968. The summed E-state index contributed by atoms with van der Waals surface area (Å²) in [6.45, 7) is 0. The molecule has 1 aliphatic carbocycles. The van der Waals surface area contributed by atoms with Crippen LogP contribution in [0.2, 0.25) is 0 Å². The Morgan fingerprint density at radius 3 is 2.16 bits per heavy atom. The summed E-state index contributed by atoms with van der Waals surface area (Å²) >= 11 is 0. The second-order valence-electron chi connectivity index (χ2n) is 7.33. The summed E-state index contributed by atoms with van der Waals surface area (Å²) in [5.74, 6) is -2.30. The van der Waals surface area contributed by atoms with Crippen LogP contribution in [0.15, 0.2) is 36.4 Å². The van der Waals surface area contributed by atoms with Crippen molar-refractivity contribution in [2.75, 3.05) is 11.5 Å². The molecule has 31 heavy (non-hydrogen) atoms. The number of nitrogen functional groups attached to an aromatic ring is 2. The summed E-state index contributed by atoms with van der Waals surface area (Å²) in [5.41, 5.74) is 13.0. The molecule has 0 radical (unpaired) electrons. The molecule has 2 aromatic carbocycles. The summed E-state index contributed by atoms with van der Waals surface area (Å²) in [6.07, 6.45) is -3.09. The number of esters is 1. The highest BCUT2D eigenvalue weighted by molar-refractivity contribution is 5.93. The van der Waals surface area contributed by atoms with Crippen LogP contribution in [0.5, 0.6) is 5.75 Å². The van der Waals surface area contributed by atoms with Crippen LogP contribution in [0.1, 0.15) is 57.9 Å². The Labute approximate surface area is 175 Å².